The molecule has 0 aliphatic carbocycles. The molecule has 0 saturated heterocycles. The minimum absolute atomic E-state index is 0.0165. The minimum Gasteiger partial charge on any atom is -0.459 e. The van der Waals surface area contributed by atoms with Crippen LogP contribution in [0.25, 0.3) is 6.08 Å². The maximum Gasteiger partial charge on any atom is 0.349 e. The second-order valence-electron chi connectivity index (χ2n) is 6.62. The topological polar surface area (TPSA) is 50.1 Å². The lowest BCUT2D eigenvalue weighted by molar-refractivity contribution is -0.142. The lowest BCUT2D eigenvalue weighted by Gasteiger charge is -2.12. The molecule has 0 N–H and O–H groups in total. The van der Waals surface area contributed by atoms with Crippen LogP contribution in [-0.4, -0.2) is 12.1 Å². The maximum atomic E-state index is 12.1. The van der Waals surface area contributed by atoms with E-state index in [1.165, 1.54) is 0 Å². The fourth-order valence-corrected chi connectivity index (χ4v) is 4.10. The van der Waals surface area contributed by atoms with Crippen molar-refractivity contribution < 1.29 is 9.53 Å². The Morgan fingerprint density at radius 1 is 1.21 bits per heavy atom. The van der Waals surface area contributed by atoms with E-state index in [1.807, 2.05) is 38.1 Å². The van der Waals surface area contributed by atoms with Gasteiger partial charge >= 0.3 is 5.97 Å². The van der Waals surface area contributed by atoms with Crippen molar-refractivity contribution in [3.05, 3.63) is 68.2 Å². The monoisotopic (exact) mass is 433 g/mol. The van der Waals surface area contributed by atoms with Crippen LogP contribution in [0.15, 0.2) is 40.8 Å². The molecule has 0 unspecified atom stereocenters. The summed E-state index contributed by atoms with van der Waals surface area (Å²) in [6.45, 7) is 7.49. The van der Waals surface area contributed by atoms with Gasteiger partial charge in [0.15, 0.2) is 0 Å². The second kappa shape index (κ2) is 10.0. The normalized spacial score (nSPS) is 11.4. The molecule has 28 heavy (non-hydrogen) atoms. The van der Waals surface area contributed by atoms with Gasteiger partial charge in [-0.25, -0.2) is 4.79 Å². The highest BCUT2D eigenvalue weighted by molar-refractivity contribution is 7.98. The molecule has 0 saturated carbocycles. The quantitative estimate of drug-likeness (QED) is 0.218. The highest BCUT2D eigenvalue weighted by Gasteiger charge is 2.14. The fourth-order valence-electron chi connectivity index (χ4n) is 2.54. The van der Waals surface area contributed by atoms with Gasteiger partial charge in [0.05, 0.1) is 11.1 Å². The molecule has 0 heterocycles. The highest BCUT2D eigenvalue weighted by Crippen LogP contribution is 2.33. The van der Waals surface area contributed by atoms with Gasteiger partial charge in [-0.2, -0.15) is 5.26 Å². The first-order valence-corrected chi connectivity index (χ1v) is 10.5. The smallest absolute Gasteiger partial charge is 0.349 e. The number of nitriles is 1. The summed E-state index contributed by atoms with van der Waals surface area (Å²) in [5.74, 6) is 0.0739. The molecular formula is C22H21Cl2NO2S. The van der Waals surface area contributed by atoms with Crippen molar-refractivity contribution in [3.63, 3.8) is 0 Å². The van der Waals surface area contributed by atoms with Gasteiger partial charge < -0.3 is 4.74 Å². The second-order valence-corrected chi connectivity index (χ2v) is 8.48. The maximum absolute atomic E-state index is 12.1. The average molecular weight is 434 g/mol. The third-order valence-corrected chi connectivity index (χ3v) is 5.76. The predicted molar refractivity (Wildman–Crippen MR) is 117 cm³/mol. The number of hydrogen-bond acceptors (Lipinski definition) is 4. The van der Waals surface area contributed by atoms with Crippen LogP contribution in [0.5, 0.6) is 0 Å². The van der Waals surface area contributed by atoms with E-state index >= 15 is 0 Å². The summed E-state index contributed by atoms with van der Waals surface area (Å²) in [5.41, 5.74) is 4.00. The molecule has 2 rings (SSSR count). The van der Waals surface area contributed by atoms with Crippen molar-refractivity contribution in [2.45, 2.75) is 44.4 Å². The summed E-state index contributed by atoms with van der Waals surface area (Å²) >= 11 is 13.9. The number of aryl methyl sites for hydroxylation is 2. The standard InChI is InChI=1S/C22H21Cl2NO2S/c1-13(2)27-22(26)17(11-25)8-16-9-18(15(4)7-14(16)3)12-28-21-10-19(23)5-6-20(21)24/h5-10,13H,12H2,1-4H3. The van der Waals surface area contributed by atoms with Crippen LogP contribution in [0, 0.1) is 25.2 Å². The molecule has 0 aromatic heterocycles. The summed E-state index contributed by atoms with van der Waals surface area (Å²) in [5, 5.41) is 10.6. The summed E-state index contributed by atoms with van der Waals surface area (Å²) in [7, 11) is 0. The van der Waals surface area contributed by atoms with Crippen molar-refractivity contribution in [2.75, 3.05) is 0 Å². The Morgan fingerprint density at radius 2 is 1.93 bits per heavy atom. The number of rotatable bonds is 6. The van der Waals surface area contributed by atoms with E-state index < -0.39 is 5.97 Å². The third kappa shape index (κ3) is 6.04. The number of carbonyl (C=O) groups excluding carboxylic acids is 1. The van der Waals surface area contributed by atoms with Crippen molar-refractivity contribution in [1.82, 2.24) is 0 Å². The zero-order valence-corrected chi connectivity index (χ0v) is 18.5. The Balaban J connectivity index is 2.31. The van der Waals surface area contributed by atoms with E-state index in [2.05, 4.69) is 0 Å². The molecule has 0 spiro atoms. The molecule has 3 nitrogen and oxygen atoms in total. The minimum atomic E-state index is -0.612. The number of esters is 1. The zero-order valence-electron chi connectivity index (χ0n) is 16.2. The Labute approximate surface area is 180 Å². The largest absolute Gasteiger partial charge is 0.459 e. The van der Waals surface area contributed by atoms with Crippen LogP contribution in [-0.2, 0) is 15.3 Å². The molecule has 0 atom stereocenters. The number of hydrogen-bond donors (Lipinski definition) is 0. The van der Waals surface area contributed by atoms with Crippen LogP contribution >= 0.6 is 35.0 Å². The van der Waals surface area contributed by atoms with Gasteiger partial charge in [0.1, 0.15) is 11.6 Å². The number of halogens is 2. The van der Waals surface area contributed by atoms with Crippen molar-refractivity contribution in [2.24, 2.45) is 0 Å². The van der Waals surface area contributed by atoms with Gasteiger partial charge in [0, 0.05) is 15.7 Å². The highest BCUT2D eigenvalue weighted by atomic mass is 35.5. The Morgan fingerprint density at radius 3 is 2.57 bits per heavy atom. The van der Waals surface area contributed by atoms with Crippen molar-refractivity contribution in [1.29, 1.82) is 5.26 Å². The summed E-state index contributed by atoms with van der Waals surface area (Å²) in [6, 6.07) is 11.4. The van der Waals surface area contributed by atoms with E-state index in [9.17, 15) is 10.1 Å². The molecule has 0 radical (unpaired) electrons. The molecule has 0 fully saturated rings. The van der Waals surface area contributed by atoms with Crippen molar-refractivity contribution in [3.8, 4) is 6.07 Å². The predicted octanol–water partition coefficient (Wildman–Crippen LogP) is 6.76. The lowest BCUT2D eigenvalue weighted by Crippen LogP contribution is -2.12. The van der Waals surface area contributed by atoms with E-state index in [4.69, 9.17) is 27.9 Å². The van der Waals surface area contributed by atoms with Crippen LogP contribution < -0.4 is 0 Å². The molecular weight excluding hydrogens is 413 g/mol. The van der Waals surface area contributed by atoms with Crippen molar-refractivity contribution >= 4 is 47.0 Å². The Bertz CT molecular complexity index is 962. The Kier molecular flexibility index (Phi) is 8.00. The number of ether oxygens (including phenoxy) is 1. The third-order valence-electron chi connectivity index (χ3n) is 3.98. The number of thioether (sulfide) groups is 1. The van der Waals surface area contributed by atoms with Gasteiger partial charge in [-0.05, 0) is 74.2 Å². The lowest BCUT2D eigenvalue weighted by atomic mass is 9.99. The van der Waals surface area contributed by atoms with E-state index in [1.54, 1.807) is 43.8 Å². The van der Waals surface area contributed by atoms with E-state index in [0.29, 0.717) is 15.8 Å². The summed E-state index contributed by atoms with van der Waals surface area (Å²) in [4.78, 5) is 13.0. The first-order chi connectivity index (χ1) is 13.2. The van der Waals surface area contributed by atoms with Gasteiger partial charge in [0.25, 0.3) is 0 Å². The molecule has 0 aliphatic heterocycles. The number of carbonyl (C=O) groups is 1. The molecule has 2 aromatic carbocycles. The molecule has 146 valence electrons. The fraction of sp³-hybridized carbons (Fsp3) is 0.273. The van der Waals surface area contributed by atoms with E-state index in [0.717, 1.165) is 27.1 Å². The Hall–Kier alpha value is -1.93. The molecule has 6 heteroatoms. The van der Waals surface area contributed by atoms with Gasteiger partial charge in [-0.15, -0.1) is 11.8 Å². The number of nitrogens with zero attached hydrogens (tertiary/aromatic N) is 1. The summed E-state index contributed by atoms with van der Waals surface area (Å²) in [6.07, 6.45) is 1.30. The molecule has 0 bridgehead atoms. The zero-order chi connectivity index (χ0) is 20.8. The SMILES string of the molecule is Cc1cc(C)c(CSc2cc(Cl)ccc2Cl)cc1C=C(C#N)C(=O)OC(C)C. The average Bonchev–Trinajstić information content (AvgIpc) is 2.62. The molecule has 2 aromatic rings. The van der Waals surface area contributed by atoms with Gasteiger partial charge in [0.2, 0.25) is 0 Å². The van der Waals surface area contributed by atoms with Gasteiger partial charge in [-0.3, -0.25) is 0 Å². The summed E-state index contributed by atoms with van der Waals surface area (Å²) < 4.78 is 5.14. The van der Waals surface area contributed by atoms with Gasteiger partial charge in [-0.1, -0.05) is 35.3 Å². The van der Waals surface area contributed by atoms with Crippen LogP contribution in [0.1, 0.15) is 36.1 Å². The molecule has 0 aliphatic rings. The van der Waals surface area contributed by atoms with Crippen LogP contribution in [0.3, 0.4) is 0 Å². The van der Waals surface area contributed by atoms with Crippen LogP contribution in [0.2, 0.25) is 10.0 Å². The van der Waals surface area contributed by atoms with E-state index in [-0.39, 0.29) is 11.7 Å². The van der Waals surface area contributed by atoms with Crippen LogP contribution in [0.4, 0.5) is 0 Å². The first-order valence-electron chi connectivity index (χ1n) is 8.72. The number of benzene rings is 2. The first kappa shape index (κ1) is 22.4. The molecule has 0 amide bonds.